The molecule has 0 bridgehead atoms. The van der Waals surface area contributed by atoms with Gasteiger partial charge in [-0.2, -0.15) is 0 Å². The van der Waals surface area contributed by atoms with Gasteiger partial charge in [0.05, 0.1) is 5.69 Å². The van der Waals surface area contributed by atoms with Crippen LogP contribution in [0.3, 0.4) is 0 Å². The average Bonchev–Trinajstić information content (AvgIpc) is 2.77. The Balaban J connectivity index is 1.92. The number of nitrogens with one attached hydrogen (secondary N) is 1. The highest BCUT2D eigenvalue weighted by Gasteiger charge is 2.31. The first-order chi connectivity index (χ1) is 10.1. The van der Waals surface area contributed by atoms with Crippen LogP contribution < -0.4 is 10.2 Å². The van der Waals surface area contributed by atoms with Gasteiger partial charge in [0.2, 0.25) is 0 Å². The highest BCUT2D eigenvalue weighted by atomic mass is 32.1. The summed E-state index contributed by atoms with van der Waals surface area (Å²) in [5, 5.41) is 3.22. The molecule has 2 aromatic rings. The Morgan fingerprint density at radius 2 is 1.71 bits per heavy atom. The van der Waals surface area contributed by atoms with E-state index in [0.29, 0.717) is 16.5 Å². The van der Waals surface area contributed by atoms with Crippen molar-refractivity contribution in [3.63, 3.8) is 0 Å². The van der Waals surface area contributed by atoms with E-state index in [-0.39, 0.29) is 11.7 Å². The van der Waals surface area contributed by atoms with Crippen LogP contribution in [-0.2, 0) is 4.79 Å². The number of carbonyl (C=O) groups excluding carboxylic acids is 1. The van der Waals surface area contributed by atoms with Gasteiger partial charge in [-0.05, 0) is 48.1 Å². The Morgan fingerprint density at radius 3 is 2.38 bits per heavy atom. The fourth-order valence-electron chi connectivity index (χ4n) is 2.07. The monoisotopic (exact) mass is 298 g/mol. The molecule has 0 aliphatic carbocycles. The number of rotatable bonds is 2. The normalized spacial score (nSPS) is 16.4. The maximum atomic E-state index is 12.9. The van der Waals surface area contributed by atoms with Gasteiger partial charge in [-0.1, -0.05) is 30.3 Å². The smallest absolute Gasteiger partial charge is 0.281 e. The van der Waals surface area contributed by atoms with Crippen molar-refractivity contribution in [3.8, 4) is 0 Å². The van der Waals surface area contributed by atoms with Gasteiger partial charge < -0.3 is 5.32 Å². The van der Waals surface area contributed by atoms with Gasteiger partial charge in [0, 0.05) is 0 Å². The Morgan fingerprint density at radius 1 is 1.05 bits per heavy atom. The van der Waals surface area contributed by atoms with Gasteiger partial charge in [-0.3, -0.25) is 9.69 Å². The fraction of sp³-hybridized carbons (Fsp3) is 0. The highest BCUT2D eigenvalue weighted by Crippen LogP contribution is 2.22. The molecule has 0 aromatic heterocycles. The van der Waals surface area contributed by atoms with E-state index in [9.17, 15) is 9.18 Å². The summed E-state index contributed by atoms with van der Waals surface area (Å²) >= 11 is 5.21. The number of benzene rings is 2. The van der Waals surface area contributed by atoms with Crippen molar-refractivity contribution in [2.45, 2.75) is 0 Å². The molecule has 5 heteroatoms. The largest absolute Gasteiger partial charge is 0.327 e. The number of thiocarbonyl (C=S) groups is 1. The first kappa shape index (κ1) is 13.5. The molecule has 21 heavy (non-hydrogen) atoms. The highest BCUT2D eigenvalue weighted by molar-refractivity contribution is 7.80. The average molecular weight is 298 g/mol. The Hall–Kier alpha value is -2.53. The molecule has 1 aliphatic rings. The van der Waals surface area contributed by atoms with Crippen molar-refractivity contribution in [1.29, 1.82) is 0 Å². The molecule has 1 heterocycles. The van der Waals surface area contributed by atoms with Crippen molar-refractivity contribution in [1.82, 2.24) is 5.32 Å². The molecular formula is C16H11FN2OS. The minimum absolute atomic E-state index is 0.226. The van der Waals surface area contributed by atoms with Crippen LogP contribution in [0.5, 0.6) is 0 Å². The third-order valence-corrected chi connectivity index (χ3v) is 3.36. The summed E-state index contributed by atoms with van der Waals surface area (Å²) in [6.07, 6.45) is 1.65. The second-order valence-corrected chi connectivity index (χ2v) is 4.90. The van der Waals surface area contributed by atoms with Gasteiger partial charge in [0.25, 0.3) is 5.91 Å². The van der Waals surface area contributed by atoms with E-state index >= 15 is 0 Å². The van der Waals surface area contributed by atoms with Crippen molar-refractivity contribution < 1.29 is 9.18 Å². The number of carbonyl (C=O) groups is 1. The van der Waals surface area contributed by atoms with Crippen LogP contribution >= 0.6 is 12.2 Å². The van der Waals surface area contributed by atoms with Crippen LogP contribution in [0.25, 0.3) is 6.08 Å². The van der Waals surface area contributed by atoms with Crippen LogP contribution in [0, 0.1) is 5.82 Å². The first-order valence-electron chi connectivity index (χ1n) is 6.33. The Labute approximate surface area is 126 Å². The second kappa shape index (κ2) is 5.46. The summed E-state index contributed by atoms with van der Waals surface area (Å²) in [7, 11) is 0. The zero-order chi connectivity index (χ0) is 14.8. The van der Waals surface area contributed by atoms with E-state index in [0.717, 1.165) is 5.56 Å². The van der Waals surface area contributed by atoms with Crippen LogP contribution in [0.2, 0.25) is 0 Å². The maximum absolute atomic E-state index is 12.9. The van der Waals surface area contributed by atoms with Crippen molar-refractivity contribution in [3.05, 3.63) is 71.7 Å². The van der Waals surface area contributed by atoms with Gasteiger partial charge in [0.1, 0.15) is 11.5 Å². The van der Waals surface area contributed by atoms with Crippen molar-refractivity contribution in [2.24, 2.45) is 0 Å². The number of anilines is 1. The number of amides is 1. The summed E-state index contributed by atoms with van der Waals surface area (Å²) in [5.41, 5.74) is 1.81. The van der Waals surface area contributed by atoms with Gasteiger partial charge >= 0.3 is 0 Å². The quantitative estimate of drug-likeness (QED) is 0.683. The summed E-state index contributed by atoms with van der Waals surface area (Å²) in [6, 6.07) is 15.1. The van der Waals surface area contributed by atoms with E-state index in [4.69, 9.17) is 12.2 Å². The number of hydrogen-bond donors (Lipinski definition) is 1. The third-order valence-electron chi connectivity index (χ3n) is 3.07. The number of para-hydroxylation sites is 1. The summed E-state index contributed by atoms with van der Waals surface area (Å²) in [4.78, 5) is 13.9. The molecule has 2 aromatic carbocycles. The molecule has 104 valence electrons. The zero-order valence-electron chi connectivity index (χ0n) is 10.9. The second-order valence-electron chi connectivity index (χ2n) is 4.52. The molecule has 1 fully saturated rings. The van der Waals surface area contributed by atoms with Gasteiger partial charge in [-0.15, -0.1) is 0 Å². The Bertz CT molecular complexity index is 726. The molecule has 0 unspecified atom stereocenters. The van der Waals surface area contributed by atoms with E-state index in [1.807, 2.05) is 30.3 Å². The first-order valence-corrected chi connectivity index (χ1v) is 6.74. The van der Waals surface area contributed by atoms with E-state index in [1.165, 1.54) is 17.0 Å². The molecule has 1 aliphatic heterocycles. The van der Waals surface area contributed by atoms with E-state index < -0.39 is 0 Å². The third kappa shape index (κ3) is 2.68. The molecule has 1 N–H and O–H groups in total. The van der Waals surface area contributed by atoms with Crippen molar-refractivity contribution in [2.75, 3.05) is 4.90 Å². The number of halogens is 1. The fourth-order valence-corrected chi connectivity index (χ4v) is 2.37. The molecule has 3 nitrogen and oxygen atoms in total. The summed E-state index contributed by atoms with van der Waals surface area (Å²) in [5.74, 6) is -0.542. The molecular weight excluding hydrogens is 287 g/mol. The van der Waals surface area contributed by atoms with E-state index in [1.54, 1.807) is 18.2 Å². The molecule has 0 saturated carbocycles. The Kier molecular flexibility index (Phi) is 3.50. The molecule has 1 saturated heterocycles. The molecule has 1 amide bonds. The predicted octanol–water partition coefficient (Wildman–Crippen LogP) is 3.09. The van der Waals surface area contributed by atoms with Gasteiger partial charge in [-0.25, -0.2) is 4.39 Å². The SMILES string of the molecule is O=C1C(=Cc2ccc(F)cc2)NC(=S)N1c1ccccc1. The number of nitrogens with zero attached hydrogens (tertiary/aromatic N) is 1. The summed E-state index contributed by atoms with van der Waals surface area (Å²) in [6.45, 7) is 0. The standard InChI is InChI=1S/C16H11FN2OS/c17-12-8-6-11(7-9-12)10-14-15(20)19(16(21)18-14)13-4-2-1-3-5-13/h1-10H,(H,18,21). The number of hydrogen-bond acceptors (Lipinski definition) is 2. The molecule has 0 spiro atoms. The molecule has 0 atom stereocenters. The lowest BCUT2D eigenvalue weighted by Crippen LogP contribution is -2.30. The van der Waals surface area contributed by atoms with Crippen LogP contribution in [-0.4, -0.2) is 11.0 Å². The zero-order valence-corrected chi connectivity index (χ0v) is 11.7. The van der Waals surface area contributed by atoms with Gasteiger partial charge in [0.15, 0.2) is 5.11 Å². The lowest BCUT2D eigenvalue weighted by Gasteiger charge is -2.13. The van der Waals surface area contributed by atoms with Crippen LogP contribution in [0.15, 0.2) is 60.3 Å². The molecule has 3 rings (SSSR count). The lowest BCUT2D eigenvalue weighted by molar-refractivity contribution is -0.113. The molecule has 0 radical (unpaired) electrons. The topological polar surface area (TPSA) is 32.3 Å². The van der Waals surface area contributed by atoms with Crippen LogP contribution in [0.1, 0.15) is 5.56 Å². The van der Waals surface area contributed by atoms with Crippen molar-refractivity contribution >= 4 is 35.0 Å². The lowest BCUT2D eigenvalue weighted by atomic mass is 10.2. The maximum Gasteiger partial charge on any atom is 0.281 e. The van der Waals surface area contributed by atoms with Crippen LogP contribution in [0.4, 0.5) is 10.1 Å². The minimum Gasteiger partial charge on any atom is -0.327 e. The summed E-state index contributed by atoms with van der Waals surface area (Å²) < 4.78 is 12.9. The predicted molar refractivity (Wildman–Crippen MR) is 84.0 cm³/mol. The van der Waals surface area contributed by atoms with E-state index in [2.05, 4.69) is 5.32 Å². The minimum atomic E-state index is -0.315.